The number of amidine groups is 1. The summed E-state index contributed by atoms with van der Waals surface area (Å²) in [6.45, 7) is 1.79. The number of carboxylic acids is 1. The second kappa shape index (κ2) is 12.0. The Morgan fingerprint density at radius 2 is 1.83 bits per heavy atom. The number of carboxylic acid groups (broad SMARTS) is 1. The Morgan fingerprint density at radius 1 is 1.22 bits per heavy atom. The summed E-state index contributed by atoms with van der Waals surface area (Å²) >= 11 is 1.74. The van der Waals surface area contributed by atoms with Crippen LogP contribution >= 0.6 is 23.5 Å². The Kier molecular flexibility index (Phi) is 11.3. The third kappa shape index (κ3) is 10.0. The van der Waals surface area contributed by atoms with E-state index in [1.54, 1.807) is 12.5 Å². The maximum Gasteiger partial charge on any atom is 0.393 e. The molecule has 9 nitrogen and oxygen atoms in total. The summed E-state index contributed by atoms with van der Waals surface area (Å²) in [5.74, 6) is -0.866. The molecule has 132 valence electrons. The van der Waals surface area contributed by atoms with Crippen LogP contribution in [-0.4, -0.2) is 57.7 Å². The molecule has 0 radical (unpaired) electrons. The van der Waals surface area contributed by atoms with E-state index in [0.29, 0.717) is 19.3 Å². The first-order valence-corrected chi connectivity index (χ1v) is 9.08. The highest BCUT2D eigenvalue weighted by Crippen LogP contribution is 2.09. The van der Waals surface area contributed by atoms with Crippen LogP contribution in [0.2, 0.25) is 0 Å². The normalized spacial score (nSPS) is 12.4. The number of aliphatic carboxylic acids is 1. The van der Waals surface area contributed by atoms with Gasteiger partial charge in [0.15, 0.2) is 5.84 Å². The van der Waals surface area contributed by atoms with Crippen molar-refractivity contribution in [3.8, 4) is 0 Å². The van der Waals surface area contributed by atoms with E-state index >= 15 is 0 Å². The van der Waals surface area contributed by atoms with E-state index in [1.807, 2.05) is 0 Å². The number of hydrogen-bond acceptors (Lipinski definition) is 9. The zero-order valence-corrected chi connectivity index (χ0v) is 14.8. The maximum absolute atomic E-state index is 11.4. The molecule has 0 spiro atoms. The van der Waals surface area contributed by atoms with Gasteiger partial charge in [-0.2, -0.15) is 5.06 Å². The van der Waals surface area contributed by atoms with Gasteiger partial charge in [0, 0.05) is 6.92 Å². The Balaban J connectivity index is 4.53. The molecule has 0 aliphatic heterocycles. The van der Waals surface area contributed by atoms with Crippen molar-refractivity contribution in [2.45, 2.75) is 32.2 Å². The Morgan fingerprint density at radius 3 is 2.35 bits per heavy atom. The summed E-state index contributed by atoms with van der Waals surface area (Å²) in [4.78, 5) is 42.7. The molecule has 0 rings (SSSR count). The highest BCUT2D eigenvalue weighted by Gasteiger charge is 2.15. The van der Waals surface area contributed by atoms with Gasteiger partial charge in [-0.15, -0.1) is 0 Å². The molecule has 0 heterocycles. The number of nitrogens with zero attached hydrogens (tertiary/aromatic N) is 2. The maximum atomic E-state index is 11.4. The minimum absolute atomic E-state index is 0.192. The molecule has 11 heteroatoms. The van der Waals surface area contributed by atoms with E-state index in [2.05, 4.69) is 9.99 Å². The minimum atomic E-state index is -1.06. The number of unbranched alkanes of at least 4 members (excludes halogenated alkanes) is 1. The molecule has 0 saturated carbocycles. The molecule has 0 aromatic carbocycles. The number of rotatable bonds is 7. The van der Waals surface area contributed by atoms with Crippen molar-refractivity contribution in [3.05, 3.63) is 0 Å². The quantitative estimate of drug-likeness (QED) is 0.227. The van der Waals surface area contributed by atoms with E-state index in [4.69, 9.17) is 15.7 Å². The van der Waals surface area contributed by atoms with Crippen molar-refractivity contribution in [1.82, 2.24) is 5.06 Å². The van der Waals surface area contributed by atoms with Gasteiger partial charge in [-0.05, 0) is 55.3 Å². The molecule has 0 aliphatic rings. The first kappa shape index (κ1) is 21.5. The molecule has 0 aliphatic carbocycles. The number of carbonyl (C=O) groups excluding carboxylic acids is 2. The van der Waals surface area contributed by atoms with Crippen LogP contribution in [-0.2, 0) is 14.5 Å². The minimum Gasteiger partial charge on any atom is -0.480 e. The van der Waals surface area contributed by atoms with Crippen LogP contribution in [0.15, 0.2) is 5.16 Å². The first-order chi connectivity index (χ1) is 10.8. The highest BCUT2D eigenvalue weighted by molar-refractivity contribution is 8.12. The van der Waals surface area contributed by atoms with Crippen LogP contribution in [0.5, 0.6) is 0 Å². The second-order valence-corrected chi connectivity index (χ2v) is 5.76. The van der Waals surface area contributed by atoms with E-state index in [-0.39, 0.29) is 12.4 Å². The second-order valence-electron chi connectivity index (χ2n) is 4.27. The average molecular weight is 367 g/mol. The third-order valence-corrected chi connectivity index (χ3v) is 3.39. The molecule has 0 aromatic rings. The average Bonchev–Trinajstić information content (AvgIpc) is 2.54. The Bertz CT molecular complexity index is 447. The third-order valence-electron chi connectivity index (χ3n) is 2.57. The lowest BCUT2D eigenvalue weighted by Gasteiger charge is -2.21. The van der Waals surface area contributed by atoms with Gasteiger partial charge in [0.1, 0.15) is 6.04 Å². The molecule has 23 heavy (non-hydrogen) atoms. The summed E-state index contributed by atoms with van der Waals surface area (Å²) in [5, 5.41) is 12.3. The number of nitrogens with two attached hydrogens (primary N) is 1. The molecule has 0 saturated heterocycles. The van der Waals surface area contributed by atoms with Gasteiger partial charge in [-0.3, -0.25) is 4.79 Å². The molecule has 0 fully saturated rings. The number of hydroxylamine groups is 2. The van der Waals surface area contributed by atoms with Gasteiger partial charge < -0.3 is 20.5 Å². The standard InChI is InChI=1S/C12H21N3O6S2/c1-8(14-20-11(18)22-2)15(21-12(19)23-3)7-5-4-6-9(13)10(16)17/h9H,4-7,13H2,1-3H3,(H,16,17)/b14-8+/t9-/m0/s1. The predicted molar refractivity (Wildman–Crippen MR) is 89.3 cm³/mol. The van der Waals surface area contributed by atoms with Gasteiger partial charge in [-0.1, -0.05) is 5.16 Å². The van der Waals surface area contributed by atoms with Gasteiger partial charge in [0.2, 0.25) is 0 Å². The van der Waals surface area contributed by atoms with E-state index < -0.39 is 22.6 Å². The summed E-state index contributed by atoms with van der Waals surface area (Å²) in [6, 6.07) is -0.922. The summed E-state index contributed by atoms with van der Waals surface area (Å²) in [6.07, 6.45) is 4.46. The number of carbonyl (C=O) groups is 3. The van der Waals surface area contributed by atoms with Crippen LogP contribution < -0.4 is 5.73 Å². The molecular weight excluding hydrogens is 346 g/mol. The van der Waals surface area contributed by atoms with Crippen molar-refractivity contribution in [1.29, 1.82) is 0 Å². The van der Waals surface area contributed by atoms with Crippen LogP contribution in [0, 0.1) is 0 Å². The molecule has 0 unspecified atom stereocenters. The monoisotopic (exact) mass is 367 g/mol. The van der Waals surface area contributed by atoms with Gasteiger partial charge in [0.25, 0.3) is 0 Å². The highest BCUT2D eigenvalue weighted by atomic mass is 32.2. The van der Waals surface area contributed by atoms with E-state index in [1.165, 1.54) is 12.0 Å². The number of thioether (sulfide) groups is 2. The fourth-order valence-electron chi connectivity index (χ4n) is 1.33. The van der Waals surface area contributed by atoms with Crippen molar-refractivity contribution in [2.24, 2.45) is 10.9 Å². The van der Waals surface area contributed by atoms with Crippen molar-refractivity contribution in [3.63, 3.8) is 0 Å². The Labute approximate surface area is 142 Å². The summed E-state index contributed by atoms with van der Waals surface area (Å²) in [7, 11) is 0. The van der Waals surface area contributed by atoms with Crippen molar-refractivity contribution < 1.29 is 29.2 Å². The summed E-state index contributed by atoms with van der Waals surface area (Å²) < 4.78 is 0. The van der Waals surface area contributed by atoms with E-state index in [9.17, 15) is 14.4 Å². The topological polar surface area (TPSA) is 132 Å². The predicted octanol–water partition coefficient (Wildman–Crippen LogP) is 2.12. The fraction of sp³-hybridized carbons (Fsp3) is 0.667. The largest absolute Gasteiger partial charge is 0.480 e. The van der Waals surface area contributed by atoms with Crippen LogP contribution in [0.25, 0.3) is 0 Å². The summed E-state index contributed by atoms with van der Waals surface area (Å²) in [5.41, 5.74) is 5.41. The SMILES string of the molecule is CSC(=O)O/N=C(\C)N(CCCC[C@H](N)C(=O)O)OC(=O)SC. The lowest BCUT2D eigenvalue weighted by atomic mass is 10.1. The Hall–Kier alpha value is -1.46. The molecule has 1 atom stereocenters. The van der Waals surface area contributed by atoms with Crippen LogP contribution in [0.1, 0.15) is 26.2 Å². The lowest BCUT2D eigenvalue weighted by Crippen LogP contribution is -2.33. The van der Waals surface area contributed by atoms with E-state index in [0.717, 1.165) is 23.5 Å². The zero-order chi connectivity index (χ0) is 17.8. The molecule has 3 N–H and O–H groups in total. The lowest BCUT2D eigenvalue weighted by molar-refractivity contribution is -0.138. The first-order valence-electron chi connectivity index (χ1n) is 6.63. The molecular formula is C12H21N3O6S2. The van der Waals surface area contributed by atoms with Gasteiger partial charge >= 0.3 is 16.6 Å². The van der Waals surface area contributed by atoms with Crippen molar-refractivity contribution in [2.75, 3.05) is 19.1 Å². The fourth-order valence-corrected chi connectivity index (χ4v) is 1.61. The zero-order valence-electron chi connectivity index (χ0n) is 13.2. The smallest absolute Gasteiger partial charge is 0.393 e. The number of hydrogen-bond donors (Lipinski definition) is 2. The molecule has 0 aromatic heterocycles. The van der Waals surface area contributed by atoms with Gasteiger partial charge in [-0.25, -0.2) is 9.59 Å². The van der Waals surface area contributed by atoms with Crippen LogP contribution in [0.3, 0.4) is 0 Å². The van der Waals surface area contributed by atoms with Gasteiger partial charge in [0.05, 0.1) is 6.54 Å². The molecule has 0 bridgehead atoms. The number of oxime groups is 1. The van der Waals surface area contributed by atoms with Crippen molar-refractivity contribution >= 4 is 45.9 Å². The molecule has 0 amide bonds. The van der Waals surface area contributed by atoms with Crippen LogP contribution in [0.4, 0.5) is 9.59 Å².